The summed E-state index contributed by atoms with van der Waals surface area (Å²) >= 11 is 0. The highest BCUT2D eigenvalue weighted by Crippen LogP contribution is 2.34. The molecule has 0 radical (unpaired) electrons. The number of allylic oxidation sites excluding steroid dienone is 2. The molecule has 1 saturated heterocycles. The smallest absolute Gasteiger partial charge is 0.328 e. The van der Waals surface area contributed by atoms with Gasteiger partial charge in [0.15, 0.2) is 0 Å². The molecule has 1 aliphatic carbocycles. The van der Waals surface area contributed by atoms with Crippen LogP contribution >= 0.6 is 0 Å². The molecular formula is C21H24N2O6. The van der Waals surface area contributed by atoms with Gasteiger partial charge in [-0.3, -0.25) is 19.3 Å². The Morgan fingerprint density at radius 2 is 1.72 bits per heavy atom. The Morgan fingerprint density at radius 3 is 2.28 bits per heavy atom. The molecule has 0 bridgehead atoms. The first kappa shape index (κ1) is 20.6. The summed E-state index contributed by atoms with van der Waals surface area (Å²) in [5.41, 5.74) is 0.736. The molecule has 0 saturated carbocycles. The third-order valence-corrected chi connectivity index (χ3v) is 5.36. The summed E-state index contributed by atoms with van der Waals surface area (Å²) in [6.07, 6.45) is 5.02. The fraction of sp³-hybridized carbons (Fsp3) is 0.429. The highest BCUT2D eigenvalue weighted by Gasteiger charge is 2.46. The van der Waals surface area contributed by atoms with Crippen molar-refractivity contribution in [3.05, 3.63) is 42.0 Å². The highest BCUT2D eigenvalue weighted by atomic mass is 16.5. The predicted octanol–water partition coefficient (Wildman–Crippen LogP) is 0.934. The van der Waals surface area contributed by atoms with E-state index in [0.717, 1.165) is 10.5 Å². The quantitative estimate of drug-likeness (QED) is 0.400. The van der Waals surface area contributed by atoms with Crippen molar-refractivity contribution in [2.24, 2.45) is 11.8 Å². The van der Waals surface area contributed by atoms with Gasteiger partial charge in [0.25, 0.3) is 0 Å². The number of nitrogens with one attached hydrogen (secondary N) is 1. The zero-order chi connectivity index (χ0) is 21.0. The van der Waals surface area contributed by atoms with Gasteiger partial charge in [-0.15, -0.1) is 0 Å². The predicted molar refractivity (Wildman–Crippen MR) is 102 cm³/mol. The number of rotatable bonds is 7. The first-order valence-corrected chi connectivity index (χ1v) is 9.56. The Balaban J connectivity index is 1.57. The van der Waals surface area contributed by atoms with Crippen LogP contribution in [0.3, 0.4) is 0 Å². The molecule has 2 aliphatic rings. The Labute approximate surface area is 168 Å². The molecular weight excluding hydrogens is 376 g/mol. The van der Waals surface area contributed by atoms with Crippen LogP contribution in [-0.2, 0) is 30.3 Å². The Bertz CT molecular complexity index is 806. The normalized spacial score (nSPS) is 21.6. The summed E-state index contributed by atoms with van der Waals surface area (Å²) in [4.78, 5) is 50.5. The maximum Gasteiger partial charge on any atom is 0.328 e. The molecule has 154 valence electrons. The molecule has 3 atom stereocenters. The number of carbonyl (C=O) groups is 4. The van der Waals surface area contributed by atoms with E-state index in [1.165, 1.54) is 19.2 Å². The fourth-order valence-corrected chi connectivity index (χ4v) is 3.77. The van der Waals surface area contributed by atoms with Crippen molar-refractivity contribution in [1.29, 1.82) is 0 Å². The van der Waals surface area contributed by atoms with Gasteiger partial charge in [-0.1, -0.05) is 24.3 Å². The second kappa shape index (κ2) is 8.89. The molecule has 1 aliphatic heterocycles. The average molecular weight is 400 g/mol. The topological polar surface area (TPSA) is 113 Å². The number of amides is 3. The van der Waals surface area contributed by atoms with Crippen LogP contribution in [0.15, 0.2) is 36.4 Å². The number of hydrogen-bond acceptors (Lipinski definition) is 6. The summed E-state index contributed by atoms with van der Waals surface area (Å²) in [5.74, 6) is -2.06. The van der Waals surface area contributed by atoms with Crippen molar-refractivity contribution in [2.45, 2.75) is 31.7 Å². The van der Waals surface area contributed by atoms with E-state index in [4.69, 9.17) is 4.74 Å². The Kier molecular flexibility index (Phi) is 6.31. The van der Waals surface area contributed by atoms with E-state index in [9.17, 15) is 24.3 Å². The van der Waals surface area contributed by atoms with Crippen LogP contribution in [0.2, 0.25) is 0 Å². The number of phenols is 1. The van der Waals surface area contributed by atoms with Gasteiger partial charge in [0, 0.05) is 19.4 Å². The molecule has 1 aromatic carbocycles. The van der Waals surface area contributed by atoms with E-state index >= 15 is 0 Å². The van der Waals surface area contributed by atoms with Crippen molar-refractivity contribution >= 4 is 23.7 Å². The van der Waals surface area contributed by atoms with Gasteiger partial charge in [0.2, 0.25) is 17.7 Å². The van der Waals surface area contributed by atoms with Crippen LogP contribution < -0.4 is 5.32 Å². The number of benzene rings is 1. The van der Waals surface area contributed by atoms with Crippen molar-refractivity contribution < 1.29 is 29.0 Å². The lowest BCUT2D eigenvalue weighted by atomic mass is 9.85. The zero-order valence-electron chi connectivity index (χ0n) is 16.2. The molecule has 0 aromatic heterocycles. The minimum atomic E-state index is -0.909. The van der Waals surface area contributed by atoms with Crippen LogP contribution in [0.25, 0.3) is 0 Å². The van der Waals surface area contributed by atoms with Crippen molar-refractivity contribution in [3.8, 4) is 5.75 Å². The zero-order valence-corrected chi connectivity index (χ0v) is 16.2. The number of phenolic OH excluding ortho intramolecular Hbond substituents is 1. The summed E-state index contributed by atoms with van der Waals surface area (Å²) in [5, 5.41) is 12.0. The van der Waals surface area contributed by atoms with E-state index in [1.54, 1.807) is 12.1 Å². The van der Waals surface area contributed by atoms with Gasteiger partial charge in [-0.05, 0) is 30.5 Å². The number of nitrogens with zero attached hydrogens (tertiary/aromatic N) is 1. The largest absolute Gasteiger partial charge is 0.508 e. The molecule has 3 amide bonds. The monoisotopic (exact) mass is 400 g/mol. The molecule has 8 nitrogen and oxygen atoms in total. The van der Waals surface area contributed by atoms with Gasteiger partial charge >= 0.3 is 5.97 Å². The number of imide groups is 1. The van der Waals surface area contributed by atoms with Gasteiger partial charge in [-0.25, -0.2) is 4.79 Å². The molecule has 0 spiro atoms. The number of carbonyl (C=O) groups excluding carboxylic acids is 4. The first-order chi connectivity index (χ1) is 13.9. The minimum absolute atomic E-state index is 0.0103. The van der Waals surface area contributed by atoms with Crippen LogP contribution in [0, 0.1) is 11.8 Å². The standard InChI is InChI=1S/C21H24N2O6/c1-29-21(28)17(12-13-6-8-14(24)9-7-13)22-18(25)10-11-23-19(26)15-4-2-3-5-16(15)20(23)27/h2-3,6-9,15-17,24H,4-5,10-12H2,1H3,(H,22,25)/t15-,16-,17-/m0/s1. The maximum atomic E-state index is 12.5. The second-order valence-corrected chi connectivity index (χ2v) is 7.25. The lowest BCUT2D eigenvalue weighted by molar-refractivity contribution is -0.145. The SMILES string of the molecule is COC(=O)[C@H](Cc1ccc(O)cc1)NC(=O)CCN1C(=O)[C@H]2CC=CC[C@@H]2C1=O. The Hall–Kier alpha value is -3.16. The van der Waals surface area contributed by atoms with Crippen LogP contribution in [0.4, 0.5) is 0 Å². The number of ether oxygens (including phenoxy) is 1. The fourth-order valence-electron chi connectivity index (χ4n) is 3.77. The van der Waals surface area contributed by atoms with E-state index in [2.05, 4.69) is 5.32 Å². The highest BCUT2D eigenvalue weighted by molar-refractivity contribution is 6.05. The minimum Gasteiger partial charge on any atom is -0.508 e. The number of aromatic hydroxyl groups is 1. The summed E-state index contributed by atoms with van der Waals surface area (Å²) in [6, 6.07) is 5.37. The van der Waals surface area contributed by atoms with Crippen LogP contribution in [0.5, 0.6) is 5.75 Å². The van der Waals surface area contributed by atoms with Crippen molar-refractivity contribution in [1.82, 2.24) is 10.2 Å². The lowest BCUT2D eigenvalue weighted by Crippen LogP contribution is -2.44. The molecule has 29 heavy (non-hydrogen) atoms. The molecule has 1 aromatic rings. The third-order valence-electron chi connectivity index (χ3n) is 5.36. The maximum absolute atomic E-state index is 12.5. The van der Waals surface area contributed by atoms with E-state index < -0.39 is 17.9 Å². The molecule has 8 heteroatoms. The van der Waals surface area contributed by atoms with Gasteiger partial charge < -0.3 is 15.2 Å². The molecule has 1 fully saturated rings. The number of likely N-dealkylation sites (tertiary alicyclic amines) is 1. The Morgan fingerprint density at radius 1 is 1.14 bits per heavy atom. The van der Waals surface area contributed by atoms with E-state index in [1.807, 2.05) is 12.2 Å². The lowest BCUT2D eigenvalue weighted by Gasteiger charge is -2.18. The number of hydrogen-bond donors (Lipinski definition) is 2. The second-order valence-electron chi connectivity index (χ2n) is 7.25. The number of esters is 1. The van der Waals surface area contributed by atoms with Gasteiger partial charge in [0.05, 0.1) is 18.9 Å². The summed E-state index contributed by atoms with van der Waals surface area (Å²) in [6.45, 7) is -0.0103. The summed E-state index contributed by atoms with van der Waals surface area (Å²) < 4.78 is 4.76. The molecule has 0 unspecified atom stereocenters. The van der Waals surface area contributed by atoms with Crippen LogP contribution in [0.1, 0.15) is 24.8 Å². The molecule has 1 heterocycles. The van der Waals surface area contributed by atoms with Crippen molar-refractivity contribution in [3.63, 3.8) is 0 Å². The van der Waals surface area contributed by atoms with Crippen LogP contribution in [-0.4, -0.2) is 53.4 Å². The van der Waals surface area contributed by atoms with E-state index in [0.29, 0.717) is 12.8 Å². The number of fused-ring (bicyclic) bond motifs is 1. The van der Waals surface area contributed by atoms with Gasteiger partial charge in [0.1, 0.15) is 11.8 Å². The average Bonchev–Trinajstić information content (AvgIpc) is 2.97. The molecule has 2 N–H and O–H groups in total. The first-order valence-electron chi connectivity index (χ1n) is 9.56. The van der Waals surface area contributed by atoms with E-state index in [-0.39, 0.29) is 48.8 Å². The third kappa shape index (κ3) is 4.64. The van der Waals surface area contributed by atoms with Gasteiger partial charge in [-0.2, -0.15) is 0 Å². The number of methoxy groups -OCH3 is 1. The summed E-state index contributed by atoms with van der Waals surface area (Å²) in [7, 11) is 1.23. The van der Waals surface area contributed by atoms with Crippen molar-refractivity contribution in [2.75, 3.05) is 13.7 Å². The molecule has 3 rings (SSSR count).